The predicted octanol–water partition coefficient (Wildman–Crippen LogP) is -8.65. The van der Waals surface area contributed by atoms with Gasteiger partial charge in [0, 0.05) is 17.1 Å². The van der Waals surface area contributed by atoms with Crippen molar-refractivity contribution in [3.8, 4) is 0 Å². The Morgan fingerprint density at radius 3 is 0.750 bits per heavy atom. The zero-order valence-corrected chi connectivity index (χ0v) is 13.8. The van der Waals surface area contributed by atoms with Gasteiger partial charge in [-0.1, -0.05) is 0 Å². The first kappa shape index (κ1) is 22.7. The second kappa shape index (κ2) is 15.8. The van der Waals surface area contributed by atoms with Crippen molar-refractivity contribution in [3.63, 3.8) is 0 Å². The summed E-state index contributed by atoms with van der Waals surface area (Å²) in [6.45, 7) is 0. The SMILES string of the molecule is [Fe].[H-].[H-].[H-].[K+].[K+].[K+]. The summed E-state index contributed by atoms with van der Waals surface area (Å²) < 4.78 is 0. The summed E-state index contributed by atoms with van der Waals surface area (Å²) in [5.41, 5.74) is 0. The van der Waals surface area contributed by atoms with E-state index < -0.39 is 0 Å². The Hall–Kier alpha value is 5.43. The standard InChI is InChI=1S/Fe.3K.3H/q;3*+1;3*-1. The average Bonchev–Trinajstić information content (AvgIpc) is 0. The molecule has 14 valence electrons. The van der Waals surface area contributed by atoms with Gasteiger partial charge in [-0.3, -0.25) is 0 Å². The Kier molecular flexibility index (Phi) is 89.7. The van der Waals surface area contributed by atoms with Gasteiger partial charge in [0.05, 0.1) is 0 Å². The van der Waals surface area contributed by atoms with Crippen LogP contribution < -0.4 is 154 Å². The van der Waals surface area contributed by atoms with Crippen molar-refractivity contribution in [3.05, 3.63) is 0 Å². The minimum Gasteiger partial charge on any atom is -1.00 e. The monoisotopic (exact) mass is 176 g/mol. The van der Waals surface area contributed by atoms with Gasteiger partial charge in [0.15, 0.2) is 0 Å². The molecule has 0 bridgehead atoms. The van der Waals surface area contributed by atoms with Gasteiger partial charge in [0.1, 0.15) is 0 Å². The fourth-order valence-corrected chi connectivity index (χ4v) is 0. The second-order valence-electron chi connectivity index (χ2n) is 0. The fourth-order valence-electron chi connectivity index (χ4n) is 0. The van der Waals surface area contributed by atoms with Crippen LogP contribution in [0.5, 0.6) is 0 Å². The molecule has 0 aliphatic heterocycles. The summed E-state index contributed by atoms with van der Waals surface area (Å²) in [6.07, 6.45) is 0. The van der Waals surface area contributed by atoms with Crippen LogP contribution in [-0.4, -0.2) is 0 Å². The molecule has 0 N–H and O–H groups in total. The van der Waals surface area contributed by atoms with E-state index in [9.17, 15) is 0 Å². The van der Waals surface area contributed by atoms with Crippen molar-refractivity contribution in [1.29, 1.82) is 0 Å². The molecule has 0 aliphatic rings. The van der Waals surface area contributed by atoms with E-state index in [1.807, 2.05) is 0 Å². The van der Waals surface area contributed by atoms with E-state index in [1.165, 1.54) is 0 Å². The Labute approximate surface area is 169 Å². The van der Waals surface area contributed by atoms with Crippen LogP contribution in [0.4, 0.5) is 0 Å². The normalized spacial score (nSPS) is 0. The van der Waals surface area contributed by atoms with Crippen molar-refractivity contribution in [1.82, 2.24) is 0 Å². The van der Waals surface area contributed by atoms with Crippen LogP contribution in [0.3, 0.4) is 0 Å². The minimum atomic E-state index is 0. The molecule has 0 unspecified atom stereocenters. The zero-order chi connectivity index (χ0) is 0. The molecule has 0 spiro atoms. The molecule has 0 rings (SSSR count). The molecule has 4 heavy (non-hydrogen) atoms. The Morgan fingerprint density at radius 1 is 0.750 bits per heavy atom. The van der Waals surface area contributed by atoms with E-state index in [0.29, 0.717) is 0 Å². The number of rotatable bonds is 0. The van der Waals surface area contributed by atoms with E-state index in [1.54, 1.807) is 0 Å². The smallest absolute Gasteiger partial charge is 1.00 e. The molecule has 0 amide bonds. The van der Waals surface area contributed by atoms with Crippen molar-refractivity contribution < 1.29 is 176 Å². The Morgan fingerprint density at radius 2 is 0.750 bits per heavy atom. The van der Waals surface area contributed by atoms with Gasteiger partial charge >= 0.3 is 154 Å². The first-order valence-electron chi connectivity index (χ1n) is 0. The maximum Gasteiger partial charge on any atom is 1.00 e. The molecule has 0 nitrogen and oxygen atoms in total. The third-order valence-electron chi connectivity index (χ3n) is 0. The van der Waals surface area contributed by atoms with Crippen molar-refractivity contribution in [2.75, 3.05) is 0 Å². The maximum absolute atomic E-state index is 0. The van der Waals surface area contributed by atoms with Crippen molar-refractivity contribution >= 4 is 0 Å². The molecule has 0 saturated heterocycles. The molecule has 0 saturated carbocycles. The molecule has 0 aromatic rings. The maximum atomic E-state index is 0. The first-order chi connectivity index (χ1) is 0. The van der Waals surface area contributed by atoms with E-state index in [2.05, 4.69) is 0 Å². The molecule has 0 heterocycles. The molecular weight excluding hydrogens is 173 g/mol. The molecule has 0 fully saturated rings. The van der Waals surface area contributed by atoms with Gasteiger partial charge < -0.3 is 4.28 Å². The van der Waals surface area contributed by atoms with Crippen LogP contribution >= 0.6 is 0 Å². The van der Waals surface area contributed by atoms with Gasteiger partial charge in [0.2, 0.25) is 0 Å². The van der Waals surface area contributed by atoms with Crippen LogP contribution in [0, 0.1) is 0 Å². The fraction of sp³-hybridized carbons (Fsp3) is 0. The van der Waals surface area contributed by atoms with Gasteiger partial charge in [-0.05, 0) is 0 Å². The van der Waals surface area contributed by atoms with Crippen LogP contribution in [0.1, 0.15) is 4.28 Å². The predicted molar refractivity (Wildman–Crippen MR) is 3.34 cm³/mol. The summed E-state index contributed by atoms with van der Waals surface area (Å²) in [6, 6.07) is 0. The molecule has 0 aromatic heterocycles. The average molecular weight is 176 g/mol. The third kappa shape index (κ3) is 10.4. The van der Waals surface area contributed by atoms with E-state index in [-0.39, 0.29) is 176 Å². The van der Waals surface area contributed by atoms with Gasteiger partial charge in [-0.2, -0.15) is 0 Å². The topological polar surface area (TPSA) is 0 Å². The van der Waals surface area contributed by atoms with Gasteiger partial charge in [-0.25, -0.2) is 0 Å². The van der Waals surface area contributed by atoms with Crippen molar-refractivity contribution in [2.24, 2.45) is 0 Å². The van der Waals surface area contributed by atoms with Gasteiger partial charge in [0.25, 0.3) is 0 Å². The van der Waals surface area contributed by atoms with E-state index >= 15 is 0 Å². The summed E-state index contributed by atoms with van der Waals surface area (Å²) in [5.74, 6) is 0. The second-order valence-corrected chi connectivity index (χ2v) is 0. The first-order valence-corrected chi connectivity index (χ1v) is 0. The molecule has 0 atom stereocenters. The van der Waals surface area contributed by atoms with Crippen LogP contribution in [-0.2, 0) is 17.1 Å². The summed E-state index contributed by atoms with van der Waals surface area (Å²) in [7, 11) is 0. The Balaban J connectivity index is 0. The zero-order valence-electron chi connectivity index (χ0n) is 6.35. The number of hydrogen-bond acceptors (Lipinski definition) is 0. The van der Waals surface area contributed by atoms with Crippen LogP contribution in [0.15, 0.2) is 0 Å². The largest absolute Gasteiger partial charge is 1.00 e. The molecule has 0 aliphatic carbocycles. The molecule has 4 heteroatoms. The quantitative estimate of drug-likeness (QED) is 0.322. The van der Waals surface area contributed by atoms with Crippen LogP contribution in [0.2, 0.25) is 0 Å². The minimum absolute atomic E-state index is 0. The molecular formula is H3FeK3. The Bertz CT molecular complexity index is 10.1. The number of hydrogen-bond donors (Lipinski definition) is 0. The van der Waals surface area contributed by atoms with E-state index in [0.717, 1.165) is 0 Å². The summed E-state index contributed by atoms with van der Waals surface area (Å²) >= 11 is 0. The summed E-state index contributed by atoms with van der Waals surface area (Å²) in [5, 5.41) is 0. The third-order valence-corrected chi connectivity index (χ3v) is 0. The molecule has 0 aromatic carbocycles. The van der Waals surface area contributed by atoms with E-state index in [4.69, 9.17) is 0 Å². The van der Waals surface area contributed by atoms with Gasteiger partial charge in [-0.15, -0.1) is 0 Å². The molecule has 0 radical (unpaired) electrons. The van der Waals surface area contributed by atoms with Crippen molar-refractivity contribution in [2.45, 2.75) is 0 Å². The summed E-state index contributed by atoms with van der Waals surface area (Å²) in [4.78, 5) is 0. The van der Waals surface area contributed by atoms with Crippen LogP contribution in [0.25, 0.3) is 0 Å².